The van der Waals surface area contributed by atoms with E-state index in [1.807, 2.05) is 6.07 Å². The topological polar surface area (TPSA) is 67.4 Å². The van der Waals surface area contributed by atoms with Gasteiger partial charge in [-0.1, -0.05) is 47.5 Å². The highest BCUT2D eigenvalue weighted by Gasteiger charge is 2.09. The van der Waals surface area contributed by atoms with E-state index >= 15 is 0 Å². The van der Waals surface area contributed by atoms with Crippen LogP contribution in [0.3, 0.4) is 0 Å². The van der Waals surface area contributed by atoms with Gasteiger partial charge in [-0.3, -0.25) is 9.59 Å². The summed E-state index contributed by atoms with van der Waals surface area (Å²) in [6, 6.07) is 20.5. The van der Waals surface area contributed by atoms with Gasteiger partial charge in [0.25, 0.3) is 11.8 Å². The van der Waals surface area contributed by atoms with Gasteiger partial charge in [0.05, 0.1) is 10.7 Å². The molecule has 5 nitrogen and oxygen atoms in total. The summed E-state index contributed by atoms with van der Waals surface area (Å²) in [6.45, 7) is -0.213. The van der Waals surface area contributed by atoms with Crippen molar-refractivity contribution in [3.8, 4) is 5.75 Å². The van der Waals surface area contributed by atoms with Gasteiger partial charge >= 0.3 is 0 Å². The Morgan fingerprint density at radius 3 is 2.39 bits per heavy atom. The van der Waals surface area contributed by atoms with Crippen LogP contribution in [0.25, 0.3) is 0 Å². The SMILES string of the molecule is O=C(COc1cccc(NC(=O)c2ccccc2)c1)Nc1ccc(Cl)cc1Cl. The summed E-state index contributed by atoms with van der Waals surface area (Å²) in [6.07, 6.45) is 0. The molecule has 142 valence electrons. The molecule has 0 aromatic heterocycles. The van der Waals surface area contributed by atoms with Crippen LogP contribution >= 0.6 is 23.2 Å². The van der Waals surface area contributed by atoms with Crippen molar-refractivity contribution in [2.75, 3.05) is 17.2 Å². The highest BCUT2D eigenvalue weighted by atomic mass is 35.5. The number of amides is 2. The second-order valence-electron chi connectivity index (χ2n) is 5.81. The zero-order valence-electron chi connectivity index (χ0n) is 14.6. The minimum Gasteiger partial charge on any atom is -0.484 e. The fourth-order valence-corrected chi connectivity index (χ4v) is 2.84. The summed E-state index contributed by atoms with van der Waals surface area (Å²) in [5.41, 5.74) is 1.56. The molecule has 0 heterocycles. The third-order valence-corrected chi connectivity index (χ3v) is 4.25. The molecule has 3 aromatic rings. The number of hydrogen-bond acceptors (Lipinski definition) is 3. The summed E-state index contributed by atoms with van der Waals surface area (Å²) >= 11 is 11.9. The minimum atomic E-state index is -0.372. The molecule has 3 rings (SSSR count). The highest BCUT2D eigenvalue weighted by molar-refractivity contribution is 6.36. The Hall–Kier alpha value is -3.02. The summed E-state index contributed by atoms with van der Waals surface area (Å²) < 4.78 is 5.50. The summed E-state index contributed by atoms with van der Waals surface area (Å²) in [7, 11) is 0. The van der Waals surface area contributed by atoms with Crippen LogP contribution in [-0.4, -0.2) is 18.4 Å². The van der Waals surface area contributed by atoms with Crippen molar-refractivity contribution in [1.82, 2.24) is 0 Å². The fraction of sp³-hybridized carbons (Fsp3) is 0.0476. The molecule has 0 spiro atoms. The number of halogens is 2. The van der Waals surface area contributed by atoms with Crippen LogP contribution in [0.15, 0.2) is 72.8 Å². The van der Waals surface area contributed by atoms with Crippen LogP contribution in [0, 0.1) is 0 Å². The normalized spacial score (nSPS) is 10.2. The summed E-state index contributed by atoms with van der Waals surface area (Å²) in [4.78, 5) is 24.3. The Labute approximate surface area is 172 Å². The molecule has 0 atom stereocenters. The number of anilines is 2. The van der Waals surface area contributed by atoms with Gasteiger partial charge in [0, 0.05) is 22.3 Å². The maximum absolute atomic E-state index is 12.2. The second kappa shape index (κ2) is 9.26. The molecule has 0 aliphatic heterocycles. The van der Waals surface area contributed by atoms with Crippen LogP contribution in [0.1, 0.15) is 10.4 Å². The van der Waals surface area contributed by atoms with Gasteiger partial charge in [-0.2, -0.15) is 0 Å². The van der Waals surface area contributed by atoms with Crippen LogP contribution in [0.2, 0.25) is 10.0 Å². The summed E-state index contributed by atoms with van der Waals surface area (Å²) in [5, 5.41) is 6.26. The summed E-state index contributed by atoms with van der Waals surface area (Å²) in [5.74, 6) is -0.154. The third kappa shape index (κ3) is 5.49. The molecule has 28 heavy (non-hydrogen) atoms. The number of benzene rings is 3. The molecule has 0 unspecified atom stereocenters. The average Bonchev–Trinajstić information content (AvgIpc) is 2.69. The molecule has 0 bridgehead atoms. The molecule has 0 aliphatic carbocycles. The van der Waals surface area contributed by atoms with E-state index in [9.17, 15) is 9.59 Å². The minimum absolute atomic E-state index is 0.213. The molecule has 0 radical (unpaired) electrons. The molecule has 2 N–H and O–H groups in total. The number of carbonyl (C=O) groups is 2. The molecule has 3 aromatic carbocycles. The van der Waals surface area contributed by atoms with Crippen LogP contribution < -0.4 is 15.4 Å². The van der Waals surface area contributed by atoms with Crippen molar-refractivity contribution in [2.24, 2.45) is 0 Å². The van der Waals surface area contributed by atoms with E-state index in [0.717, 1.165) is 0 Å². The predicted octanol–water partition coefficient (Wildman–Crippen LogP) is 5.26. The van der Waals surface area contributed by atoms with Gasteiger partial charge in [-0.25, -0.2) is 0 Å². The number of ether oxygens (including phenoxy) is 1. The molecular weight excluding hydrogens is 399 g/mol. The Balaban J connectivity index is 1.57. The first-order valence-electron chi connectivity index (χ1n) is 8.35. The van der Waals surface area contributed by atoms with E-state index in [2.05, 4.69) is 10.6 Å². The van der Waals surface area contributed by atoms with Crippen molar-refractivity contribution in [3.05, 3.63) is 88.4 Å². The maximum Gasteiger partial charge on any atom is 0.262 e. The second-order valence-corrected chi connectivity index (χ2v) is 6.65. The average molecular weight is 415 g/mol. The van der Waals surface area contributed by atoms with E-state index in [1.54, 1.807) is 66.7 Å². The quantitative estimate of drug-likeness (QED) is 0.577. The number of rotatable bonds is 6. The smallest absolute Gasteiger partial charge is 0.262 e. The lowest BCUT2D eigenvalue weighted by Gasteiger charge is -2.10. The lowest BCUT2D eigenvalue weighted by molar-refractivity contribution is -0.118. The monoisotopic (exact) mass is 414 g/mol. The lowest BCUT2D eigenvalue weighted by Crippen LogP contribution is -2.20. The maximum atomic E-state index is 12.2. The van der Waals surface area contributed by atoms with Gasteiger partial charge < -0.3 is 15.4 Å². The molecule has 7 heteroatoms. The molecule has 2 amide bonds. The molecule has 0 aliphatic rings. The van der Waals surface area contributed by atoms with Gasteiger partial charge in [0.1, 0.15) is 5.75 Å². The van der Waals surface area contributed by atoms with Gasteiger partial charge in [-0.05, 0) is 42.5 Å². The molecule has 0 saturated heterocycles. The van der Waals surface area contributed by atoms with E-state index < -0.39 is 0 Å². The van der Waals surface area contributed by atoms with E-state index in [4.69, 9.17) is 27.9 Å². The van der Waals surface area contributed by atoms with Gasteiger partial charge in [-0.15, -0.1) is 0 Å². The third-order valence-electron chi connectivity index (χ3n) is 3.70. The highest BCUT2D eigenvalue weighted by Crippen LogP contribution is 2.25. The van der Waals surface area contributed by atoms with E-state index in [1.165, 1.54) is 0 Å². The molecule has 0 fully saturated rings. The fourth-order valence-electron chi connectivity index (χ4n) is 2.38. The zero-order valence-corrected chi connectivity index (χ0v) is 16.1. The number of nitrogens with one attached hydrogen (secondary N) is 2. The largest absolute Gasteiger partial charge is 0.484 e. The first-order chi connectivity index (χ1) is 13.5. The lowest BCUT2D eigenvalue weighted by atomic mass is 10.2. The van der Waals surface area contributed by atoms with Crippen LogP contribution in [0.5, 0.6) is 5.75 Å². The molecule has 0 saturated carbocycles. The zero-order chi connectivity index (χ0) is 19.9. The van der Waals surface area contributed by atoms with Crippen LogP contribution in [-0.2, 0) is 4.79 Å². The van der Waals surface area contributed by atoms with Crippen LogP contribution in [0.4, 0.5) is 11.4 Å². The van der Waals surface area contributed by atoms with E-state index in [-0.39, 0.29) is 18.4 Å². The Morgan fingerprint density at radius 1 is 0.857 bits per heavy atom. The van der Waals surface area contributed by atoms with Crippen molar-refractivity contribution in [3.63, 3.8) is 0 Å². The molecular formula is C21H16Cl2N2O3. The first kappa shape index (κ1) is 19.7. The van der Waals surface area contributed by atoms with E-state index in [0.29, 0.717) is 32.7 Å². The van der Waals surface area contributed by atoms with Crippen molar-refractivity contribution in [2.45, 2.75) is 0 Å². The predicted molar refractivity (Wildman–Crippen MR) is 111 cm³/mol. The standard InChI is InChI=1S/C21H16Cl2N2O3/c22-15-9-10-19(18(23)11-15)25-20(26)13-28-17-8-4-7-16(12-17)24-21(27)14-5-2-1-3-6-14/h1-12H,13H2,(H,24,27)(H,25,26). The Bertz CT molecular complexity index is 994. The van der Waals surface area contributed by atoms with Gasteiger partial charge in [0.15, 0.2) is 6.61 Å². The van der Waals surface area contributed by atoms with Crippen molar-refractivity contribution in [1.29, 1.82) is 0 Å². The van der Waals surface area contributed by atoms with Crippen molar-refractivity contribution < 1.29 is 14.3 Å². The number of hydrogen-bond donors (Lipinski definition) is 2. The first-order valence-corrected chi connectivity index (χ1v) is 9.11. The number of carbonyl (C=O) groups excluding carboxylic acids is 2. The Kier molecular flexibility index (Phi) is 6.53. The van der Waals surface area contributed by atoms with Crippen molar-refractivity contribution >= 4 is 46.4 Å². The van der Waals surface area contributed by atoms with Gasteiger partial charge in [0.2, 0.25) is 0 Å². The Morgan fingerprint density at radius 2 is 1.64 bits per heavy atom.